The first kappa shape index (κ1) is 34.9. The Balaban J connectivity index is 6.08. The summed E-state index contributed by atoms with van der Waals surface area (Å²) in [5.74, 6) is 0.000809. The third-order valence-corrected chi connectivity index (χ3v) is 8.11. The number of hydrogen-bond donors (Lipinski definition) is 0. The van der Waals surface area contributed by atoms with Gasteiger partial charge in [-0.15, -0.1) is 0 Å². The minimum absolute atomic E-state index is 0.0693. The largest absolute Gasteiger partial charge is 0.469 e. The Kier molecular flexibility index (Phi) is 23.6. The minimum Gasteiger partial charge on any atom is -0.469 e. The smallest absolute Gasteiger partial charge is 0.308 e. The van der Waals surface area contributed by atoms with Gasteiger partial charge in [0.2, 0.25) is 0 Å². The molecule has 0 fully saturated rings. The van der Waals surface area contributed by atoms with Crippen LogP contribution in [0.1, 0.15) is 156 Å². The van der Waals surface area contributed by atoms with Crippen molar-refractivity contribution >= 4 is 11.9 Å². The summed E-state index contributed by atoms with van der Waals surface area (Å²) in [7, 11) is 3.07. The fourth-order valence-electron chi connectivity index (χ4n) is 5.94. The van der Waals surface area contributed by atoms with E-state index < -0.39 is 0 Å². The minimum atomic E-state index is -0.118. The van der Waals surface area contributed by atoms with Crippen molar-refractivity contribution in [2.45, 2.75) is 156 Å². The number of carbonyl (C=O) groups is 2. The van der Waals surface area contributed by atoms with E-state index in [0.29, 0.717) is 0 Å². The molecule has 4 atom stereocenters. The molecule has 0 saturated heterocycles. The number of methoxy groups -OCH3 is 2. The molecule has 0 aromatic rings. The van der Waals surface area contributed by atoms with Gasteiger partial charge in [-0.1, -0.05) is 130 Å². The zero-order valence-corrected chi connectivity index (χ0v) is 25.1. The Labute approximate surface area is 225 Å². The van der Waals surface area contributed by atoms with E-state index >= 15 is 0 Å². The highest BCUT2D eigenvalue weighted by Gasteiger charge is 2.40. The Morgan fingerprint density at radius 1 is 0.444 bits per heavy atom. The van der Waals surface area contributed by atoms with Gasteiger partial charge in [0.05, 0.1) is 26.1 Å². The number of ether oxygens (including phenoxy) is 2. The summed E-state index contributed by atoms with van der Waals surface area (Å²) >= 11 is 0. The molecule has 0 aliphatic carbocycles. The molecule has 0 radical (unpaired) electrons. The molecule has 0 aliphatic heterocycles. The molecule has 0 spiro atoms. The van der Waals surface area contributed by atoms with Gasteiger partial charge in [0.25, 0.3) is 0 Å². The van der Waals surface area contributed by atoms with Crippen LogP contribution < -0.4 is 0 Å². The molecule has 0 aromatic carbocycles. The van der Waals surface area contributed by atoms with Crippen molar-refractivity contribution in [3.05, 3.63) is 0 Å². The molecule has 214 valence electrons. The fourth-order valence-corrected chi connectivity index (χ4v) is 5.94. The molecule has 36 heavy (non-hydrogen) atoms. The molecule has 4 nitrogen and oxygen atoms in total. The number of unbranched alkanes of at least 4 members (excludes halogenated alkanes) is 12. The standard InChI is InChI=1S/C32H62O4/c1-7-11-15-19-23-27(29(31(33)35-5)25-21-17-13-9-3)28(24-20-16-12-8-2)30(32(34)36-6)26-22-18-14-10-4/h27-30H,7-26H2,1-6H3. The molecule has 4 unspecified atom stereocenters. The van der Waals surface area contributed by atoms with Crippen LogP contribution in [-0.2, 0) is 19.1 Å². The van der Waals surface area contributed by atoms with Crippen molar-refractivity contribution in [3.63, 3.8) is 0 Å². The molecular weight excluding hydrogens is 448 g/mol. The van der Waals surface area contributed by atoms with Crippen molar-refractivity contribution in [2.24, 2.45) is 23.7 Å². The zero-order chi connectivity index (χ0) is 27.0. The van der Waals surface area contributed by atoms with Crippen LogP contribution in [0.5, 0.6) is 0 Å². The van der Waals surface area contributed by atoms with Crippen LogP contribution in [0.2, 0.25) is 0 Å². The van der Waals surface area contributed by atoms with Crippen LogP contribution in [0.15, 0.2) is 0 Å². The SMILES string of the molecule is CCCCCCC(C(=O)OC)C(CCCCCC)C(CCCCCC)C(CCCCCC)C(=O)OC. The second-order valence-electron chi connectivity index (χ2n) is 11.0. The monoisotopic (exact) mass is 510 g/mol. The number of carbonyl (C=O) groups excluding carboxylic acids is 2. The topological polar surface area (TPSA) is 52.6 Å². The van der Waals surface area contributed by atoms with Crippen LogP contribution in [-0.4, -0.2) is 26.2 Å². The third-order valence-electron chi connectivity index (χ3n) is 8.11. The van der Waals surface area contributed by atoms with E-state index in [1.165, 1.54) is 78.4 Å². The van der Waals surface area contributed by atoms with Crippen LogP contribution in [0.4, 0.5) is 0 Å². The molecule has 4 heteroatoms. The maximum Gasteiger partial charge on any atom is 0.308 e. The fraction of sp³-hybridized carbons (Fsp3) is 0.938. The first-order valence-corrected chi connectivity index (χ1v) is 15.7. The predicted molar refractivity (Wildman–Crippen MR) is 153 cm³/mol. The van der Waals surface area contributed by atoms with Crippen molar-refractivity contribution in [2.75, 3.05) is 14.2 Å². The normalized spacial score (nSPS) is 14.7. The lowest BCUT2D eigenvalue weighted by Gasteiger charge is -2.37. The van der Waals surface area contributed by atoms with E-state index in [0.717, 1.165) is 64.2 Å². The summed E-state index contributed by atoms with van der Waals surface area (Å²) in [5.41, 5.74) is 0. The maximum atomic E-state index is 13.2. The highest BCUT2D eigenvalue weighted by atomic mass is 16.5. The Bertz CT molecular complexity index is 472. The average molecular weight is 511 g/mol. The molecule has 0 heterocycles. The number of hydrogen-bond acceptors (Lipinski definition) is 4. The summed E-state index contributed by atoms with van der Waals surface area (Å²) in [6, 6.07) is 0. The summed E-state index contributed by atoms with van der Waals surface area (Å²) in [6.45, 7) is 8.92. The highest BCUT2D eigenvalue weighted by Crippen LogP contribution is 2.41. The quantitative estimate of drug-likeness (QED) is 0.0906. The molecule has 0 aromatic heterocycles. The van der Waals surface area contributed by atoms with Gasteiger partial charge in [-0.25, -0.2) is 0 Å². The lowest BCUT2D eigenvalue weighted by molar-refractivity contribution is -0.154. The first-order chi connectivity index (χ1) is 17.5. The van der Waals surface area contributed by atoms with Gasteiger partial charge in [-0.2, -0.15) is 0 Å². The van der Waals surface area contributed by atoms with Crippen molar-refractivity contribution in [3.8, 4) is 0 Å². The van der Waals surface area contributed by atoms with Crippen LogP contribution in [0.25, 0.3) is 0 Å². The first-order valence-electron chi connectivity index (χ1n) is 15.7. The molecule has 0 bridgehead atoms. The van der Waals surface area contributed by atoms with Crippen molar-refractivity contribution in [1.82, 2.24) is 0 Å². The van der Waals surface area contributed by atoms with E-state index in [-0.39, 0.29) is 35.6 Å². The number of esters is 2. The Morgan fingerprint density at radius 3 is 0.972 bits per heavy atom. The van der Waals surface area contributed by atoms with Gasteiger partial charge in [0.1, 0.15) is 0 Å². The molecule has 0 N–H and O–H groups in total. The third kappa shape index (κ3) is 15.3. The van der Waals surface area contributed by atoms with Gasteiger partial charge in [0, 0.05) is 0 Å². The van der Waals surface area contributed by atoms with E-state index in [2.05, 4.69) is 27.7 Å². The van der Waals surface area contributed by atoms with Crippen LogP contribution in [0, 0.1) is 23.7 Å². The zero-order valence-electron chi connectivity index (χ0n) is 25.1. The lowest BCUT2D eigenvalue weighted by Crippen LogP contribution is -2.37. The second-order valence-corrected chi connectivity index (χ2v) is 11.0. The van der Waals surface area contributed by atoms with E-state index in [1.807, 2.05) is 0 Å². The summed E-state index contributed by atoms with van der Waals surface area (Å²) in [6.07, 6.45) is 22.5. The molecule has 0 rings (SSSR count). The van der Waals surface area contributed by atoms with Crippen molar-refractivity contribution in [1.29, 1.82) is 0 Å². The number of rotatable bonds is 25. The van der Waals surface area contributed by atoms with E-state index in [1.54, 1.807) is 0 Å². The summed E-state index contributed by atoms with van der Waals surface area (Å²) < 4.78 is 10.8. The average Bonchev–Trinajstić information content (AvgIpc) is 2.89. The molecule has 0 amide bonds. The van der Waals surface area contributed by atoms with Crippen LogP contribution in [0.3, 0.4) is 0 Å². The second kappa shape index (κ2) is 24.3. The van der Waals surface area contributed by atoms with Gasteiger partial charge in [-0.05, 0) is 37.5 Å². The highest BCUT2D eigenvalue weighted by molar-refractivity contribution is 5.74. The van der Waals surface area contributed by atoms with Gasteiger partial charge in [0.15, 0.2) is 0 Å². The molecule has 0 aliphatic rings. The van der Waals surface area contributed by atoms with Gasteiger partial charge < -0.3 is 9.47 Å². The van der Waals surface area contributed by atoms with E-state index in [4.69, 9.17) is 9.47 Å². The maximum absolute atomic E-state index is 13.2. The van der Waals surface area contributed by atoms with Crippen LogP contribution >= 0.6 is 0 Å². The van der Waals surface area contributed by atoms with E-state index in [9.17, 15) is 9.59 Å². The lowest BCUT2D eigenvalue weighted by atomic mass is 9.68. The Morgan fingerprint density at radius 2 is 0.722 bits per heavy atom. The van der Waals surface area contributed by atoms with Gasteiger partial charge in [-0.3, -0.25) is 9.59 Å². The van der Waals surface area contributed by atoms with Crippen molar-refractivity contribution < 1.29 is 19.1 Å². The molecule has 0 saturated carbocycles. The Hall–Kier alpha value is -1.06. The molecular formula is C32H62O4. The predicted octanol–water partition coefficient (Wildman–Crippen LogP) is 9.68. The summed E-state index contributed by atoms with van der Waals surface area (Å²) in [5, 5.41) is 0. The van der Waals surface area contributed by atoms with Gasteiger partial charge >= 0.3 is 11.9 Å². The summed E-state index contributed by atoms with van der Waals surface area (Å²) in [4.78, 5) is 26.4.